The molecule has 0 aromatic carbocycles. The van der Waals surface area contributed by atoms with Crippen molar-refractivity contribution in [2.45, 2.75) is 0 Å². The van der Waals surface area contributed by atoms with Gasteiger partial charge in [0, 0.05) is 12.4 Å². The first kappa shape index (κ1) is 7.73. The van der Waals surface area contributed by atoms with Crippen LogP contribution >= 0.6 is 0 Å². The Bertz CT molecular complexity index is 403. The molecule has 2 rings (SSSR count). The van der Waals surface area contributed by atoms with Gasteiger partial charge >= 0.3 is 0 Å². The highest BCUT2D eigenvalue weighted by Gasteiger charge is 1.96. The summed E-state index contributed by atoms with van der Waals surface area (Å²) in [5.41, 5.74) is 1.82. The summed E-state index contributed by atoms with van der Waals surface area (Å²) in [5, 5.41) is 4.26. The number of aromatic nitrogens is 3. The molecule has 0 saturated heterocycles. The second kappa shape index (κ2) is 3.23. The van der Waals surface area contributed by atoms with Crippen LogP contribution in [-0.2, 0) is 0 Å². The molecule has 0 aliphatic carbocycles. The molecule has 3 nitrogen and oxygen atoms in total. The van der Waals surface area contributed by atoms with E-state index < -0.39 is 0 Å². The van der Waals surface area contributed by atoms with Gasteiger partial charge in [0.15, 0.2) is 0 Å². The van der Waals surface area contributed by atoms with Crippen LogP contribution in [0.25, 0.3) is 11.8 Å². The van der Waals surface area contributed by atoms with E-state index in [9.17, 15) is 0 Å². The fourth-order valence-corrected chi connectivity index (χ4v) is 1.08. The topological polar surface area (TPSA) is 30.7 Å². The second-order valence-corrected chi connectivity index (χ2v) is 2.60. The predicted molar refractivity (Wildman–Crippen MR) is 51.5 cm³/mol. The first-order chi connectivity index (χ1) is 6.40. The van der Waals surface area contributed by atoms with Crippen LogP contribution < -0.4 is 0 Å². The van der Waals surface area contributed by atoms with Crippen molar-refractivity contribution in [2.24, 2.45) is 0 Å². The van der Waals surface area contributed by atoms with Gasteiger partial charge in [0.25, 0.3) is 0 Å². The maximum atomic E-state index is 4.26. The van der Waals surface area contributed by atoms with Crippen LogP contribution in [0.4, 0.5) is 0 Å². The van der Waals surface area contributed by atoms with Crippen molar-refractivity contribution in [1.82, 2.24) is 14.8 Å². The maximum absolute atomic E-state index is 4.26. The minimum Gasteiger partial charge on any atom is -0.262 e. The summed E-state index contributed by atoms with van der Waals surface area (Å²) in [6.07, 6.45) is 7.10. The van der Waals surface area contributed by atoms with Crippen molar-refractivity contribution in [2.75, 3.05) is 0 Å². The Morgan fingerprint density at radius 2 is 2.31 bits per heavy atom. The zero-order chi connectivity index (χ0) is 9.10. The standard InChI is InChI=1S/C10H9N3/c1-2-9-5-7-13(12-9)10-4-3-6-11-8-10/h2-8H,1H2. The average Bonchev–Trinajstić information content (AvgIpc) is 2.67. The summed E-state index contributed by atoms with van der Waals surface area (Å²) < 4.78 is 1.77. The fourth-order valence-electron chi connectivity index (χ4n) is 1.08. The van der Waals surface area contributed by atoms with E-state index >= 15 is 0 Å². The van der Waals surface area contributed by atoms with Crippen LogP contribution in [0.2, 0.25) is 0 Å². The first-order valence-corrected chi connectivity index (χ1v) is 3.98. The Hall–Kier alpha value is -1.90. The van der Waals surface area contributed by atoms with E-state index in [2.05, 4.69) is 16.7 Å². The van der Waals surface area contributed by atoms with Crippen LogP contribution in [0.1, 0.15) is 5.69 Å². The molecule has 0 spiro atoms. The third kappa shape index (κ3) is 1.49. The van der Waals surface area contributed by atoms with Crippen molar-refractivity contribution < 1.29 is 0 Å². The quantitative estimate of drug-likeness (QED) is 0.691. The number of rotatable bonds is 2. The monoisotopic (exact) mass is 171 g/mol. The van der Waals surface area contributed by atoms with Gasteiger partial charge in [0.05, 0.1) is 17.6 Å². The lowest BCUT2D eigenvalue weighted by Crippen LogP contribution is -1.94. The van der Waals surface area contributed by atoms with Crippen LogP contribution in [-0.4, -0.2) is 14.8 Å². The number of hydrogen-bond donors (Lipinski definition) is 0. The summed E-state index contributed by atoms with van der Waals surface area (Å²) in [4.78, 5) is 4.01. The van der Waals surface area contributed by atoms with E-state index in [0.717, 1.165) is 11.4 Å². The SMILES string of the molecule is C=Cc1ccn(-c2cccnc2)n1. The van der Waals surface area contributed by atoms with Gasteiger partial charge in [0.1, 0.15) is 0 Å². The molecule has 0 radical (unpaired) electrons. The highest BCUT2D eigenvalue weighted by Crippen LogP contribution is 2.05. The molecule has 3 heteroatoms. The lowest BCUT2D eigenvalue weighted by molar-refractivity contribution is 0.869. The number of hydrogen-bond acceptors (Lipinski definition) is 2. The Morgan fingerprint density at radius 3 is 2.92 bits per heavy atom. The molecule has 2 aromatic heterocycles. The third-order valence-electron chi connectivity index (χ3n) is 1.73. The van der Waals surface area contributed by atoms with E-state index in [1.54, 1.807) is 23.2 Å². The molecule has 0 fully saturated rings. The number of nitrogens with zero attached hydrogens (tertiary/aromatic N) is 3. The van der Waals surface area contributed by atoms with Gasteiger partial charge in [-0.25, -0.2) is 4.68 Å². The summed E-state index contributed by atoms with van der Waals surface area (Å²) >= 11 is 0. The predicted octanol–water partition coefficient (Wildman–Crippen LogP) is 1.91. The molecule has 0 atom stereocenters. The lowest BCUT2D eigenvalue weighted by Gasteiger charge is -1.97. The van der Waals surface area contributed by atoms with Gasteiger partial charge in [-0.2, -0.15) is 5.10 Å². The highest BCUT2D eigenvalue weighted by molar-refractivity contribution is 5.41. The highest BCUT2D eigenvalue weighted by atomic mass is 15.3. The summed E-state index contributed by atoms with van der Waals surface area (Å²) in [7, 11) is 0. The van der Waals surface area contributed by atoms with Gasteiger partial charge in [-0.3, -0.25) is 4.98 Å². The molecule has 13 heavy (non-hydrogen) atoms. The van der Waals surface area contributed by atoms with Gasteiger partial charge < -0.3 is 0 Å². The molecule has 2 aromatic rings. The van der Waals surface area contributed by atoms with Crippen molar-refractivity contribution in [3.8, 4) is 5.69 Å². The Kier molecular flexibility index (Phi) is 1.92. The Labute approximate surface area is 76.4 Å². The van der Waals surface area contributed by atoms with E-state index in [-0.39, 0.29) is 0 Å². The minimum absolute atomic E-state index is 0.865. The zero-order valence-corrected chi connectivity index (χ0v) is 7.09. The van der Waals surface area contributed by atoms with E-state index in [4.69, 9.17) is 0 Å². The number of pyridine rings is 1. The molecule has 0 bridgehead atoms. The molecule has 64 valence electrons. The van der Waals surface area contributed by atoms with Gasteiger partial charge in [-0.05, 0) is 24.3 Å². The summed E-state index contributed by atoms with van der Waals surface area (Å²) in [6, 6.07) is 5.73. The first-order valence-electron chi connectivity index (χ1n) is 3.98. The van der Waals surface area contributed by atoms with E-state index in [1.165, 1.54) is 0 Å². The molecule has 0 aliphatic heterocycles. The molecule has 0 saturated carbocycles. The molecule has 0 amide bonds. The van der Waals surface area contributed by atoms with Crippen LogP contribution in [0.15, 0.2) is 43.4 Å². The van der Waals surface area contributed by atoms with Crippen molar-refractivity contribution in [3.05, 3.63) is 49.1 Å². The van der Waals surface area contributed by atoms with Gasteiger partial charge in [-0.1, -0.05) is 6.58 Å². The Balaban J connectivity index is 2.41. The smallest absolute Gasteiger partial charge is 0.0849 e. The van der Waals surface area contributed by atoms with E-state index in [1.807, 2.05) is 24.4 Å². The van der Waals surface area contributed by atoms with Crippen molar-refractivity contribution in [3.63, 3.8) is 0 Å². The molecular formula is C10H9N3. The van der Waals surface area contributed by atoms with Crippen LogP contribution in [0, 0.1) is 0 Å². The lowest BCUT2D eigenvalue weighted by atomic mass is 10.4. The maximum Gasteiger partial charge on any atom is 0.0849 e. The third-order valence-corrected chi connectivity index (χ3v) is 1.73. The molecule has 0 aliphatic rings. The van der Waals surface area contributed by atoms with Crippen molar-refractivity contribution >= 4 is 6.08 Å². The average molecular weight is 171 g/mol. The van der Waals surface area contributed by atoms with Gasteiger partial charge in [-0.15, -0.1) is 0 Å². The molecular weight excluding hydrogens is 162 g/mol. The molecule has 0 unspecified atom stereocenters. The minimum atomic E-state index is 0.865. The molecule has 2 heterocycles. The summed E-state index contributed by atoms with van der Waals surface area (Å²) in [6.45, 7) is 3.65. The van der Waals surface area contributed by atoms with Crippen molar-refractivity contribution in [1.29, 1.82) is 0 Å². The zero-order valence-electron chi connectivity index (χ0n) is 7.09. The van der Waals surface area contributed by atoms with Crippen LogP contribution in [0.3, 0.4) is 0 Å². The largest absolute Gasteiger partial charge is 0.262 e. The van der Waals surface area contributed by atoms with E-state index in [0.29, 0.717) is 0 Å². The summed E-state index contributed by atoms with van der Waals surface area (Å²) in [5.74, 6) is 0. The molecule has 0 N–H and O–H groups in total. The second-order valence-electron chi connectivity index (χ2n) is 2.60. The van der Waals surface area contributed by atoms with Crippen LogP contribution in [0.5, 0.6) is 0 Å². The Morgan fingerprint density at radius 1 is 1.38 bits per heavy atom. The normalized spacial score (nSPS) is 9.85. The fraction of sp³-hybridized carbons (Fsp3) is 0. The van der Waals surface area contributed by atoms with Gasteiger partial charge in [0.2, 0.25) is 0 Å².